The van der Waals surface area contributed by atoms with Crippen LogP contribution >= 0.6 is 0 Å². The van der Waals surface area contributed by atoms with Crippen LogP contribution in [0.2, 0.25) is 0 Å². The zero-order valence-electron chi connectivity index (χ0n) is 13.9. The summed E-state index contributed by atoms with van der Waals surface area (Å²) in [6.07, 6.45) is 4.49. The third kappa shape index (κ3) is 4.13. The third-order valence-electron chi connectivity index (χ3n) is 4.13. The SMILES string of the molecule is NC(=NC1CCCNC1)c1c(Nc2cccc(C=O)c2)ccnc1N. The van der Waals surface area contributed by atoms with E-state index in [9.17, 15) is 4.79 Å². The summed E-state index contributed by atoms with van der Waals surface area (Å²) in [6, 6.07) is 9.10. The van der Waals surface area contributed by atoms with Crippen LogP contribution in [0, 0.1) is 0 Å². The Balaban J connectivity index is 1.91. The van der Waals surface area contributed by atoms with E-state index in [1.807, 2.05) is 6.07 Å². The van der Waals surface area contributed by atoms with Crippen LogP contribution in [0.3, 0.4) is 0 Å². The number of anilines is 3. The number of nitrogens with one attached hydrogen (secondary N) is 2. The highest BCUT2D eigenvalue weighted by Gasteiger charge is 2.16. The van der Waals surface area contributed by atoms with Crippen molar-refractivity contribution < 1.29 is 4.79 Å². The molecule has 2 aromatic rings. The van der Waals surface area contributed by atoms with Gasteiger partial charge in [0, 0.05) is 24.0 Å². The minimum atomic E-state index is 0.139. The molecule has 0 amide bonds. The Bertz CT molecular complexity index is 783. The van der Waals surface area contributed by atoms with Gasteiger partial charge < -0.3 is 22.1 Å². The second-order valence-electron chi connectivity index (χ2n) is 6.00. The van der Waals surface area contributed by atoms with Gasteiger partial charge in [-0.05, 0) is 37.6 Å². The van der Waals surface area contributed by atoms with Crippen LogP contribution in [0.4, 0.5) is 17.2 Å². The van der Waals surface area contributed by atoms with Crippen molar-refractivity contribution in [1.82, 2.24) is 10.3 Å². The largest absolute Gasteiger partial charge is 0.383 e. The van der Waals surface area contributed by atoms with E-state index in [1.165, 1.54) is 0 Å². The molecule has 25 heavy (non-hydrogen) atoms. The highest BCUT2D eigenvalue weighted by Crippen LogP contribution is 2.25. The standard InChI is InChI=1S/C18H22N6O/c19-17-16(18(20)24-14-5-2-7-21-10-14)15(6-8-22-17)23-13-4-1-3-12(9-13)11-25/h1,3-4,6,8-9,11,14,21H,2,5,7,10H2,(H2,20,24)(H3,19,22,23). The molecule has 0 bridgehead atoms. The van der Waals surface area contributed by atoms with E-state index in [4.69, 9.17) is 11.5 Å². The zero-order chi connectivity index (χ0) is 17.6. The number of aldehydes is 1. The van der Waals surface area contributed by atoms with Crippen molar-refractivity contribution in [3.05, 3.63) is 47.7 Å². The number of carbonyl (C=O) groups is 1. The highest BCUT2D eigenvalue weighted by atomic mass is 16.1. The molecule has 2 heterocycles. The van der Waals surface area contributed by atoms with Gasteiger partial charge in [-0.25, -0.2) is 4.98 Å². The van der Waals surface area contributed by atoms with Crippen molar-refractivity contribution in [2.45, 2.75) is 18.9 Å². The smallest absolute Gasteiger partial charge is 0.150 e. The molecule has 130 valence electrons. The molecule has 0 radical (unpaired) electrons. The number of piperidine rings is 1. The minimum Gasteiger partial charge on any atom is -0.383 e. The molecule has 1 aliphatic heterocycles. The number of hydrogen-bond acceptors (Lipinski definition) is 6. The fraction of sp³-hybridized carbons (Fsp3) is 0.278. The highest BCUT2D eigenvalue weighted by molar-refractivity contribution is 6.06. The predicted molar refractivity (Wildman–Crippen MR) is 100 cm³/mol. The number of aliphatic imine (C=N–C) groups is 1. The molecule has 1 fully saturated rings. The monoisotopic (exact) mass is 338 g/mol. The number of rotatable bonds is 5. The van der Waals surface area contributed by atoms with Crippen molar-refractivity contribution in [3.8, 4) is 0 Å². The number of carbonyl (C=O) groups excluding carboxylic acids is 1. The quantitative estimate of drug-likeness (QED) is 0.374. The number of aromatic nitrogens is 1. The lowest BCUT2D eigenvalue weighted by atomic mass is 10.1. The van der Waals surface area contributed by atoms with E-state index in [-0.39, 0.29) is 6.04 Å². The molecule has 1 aromatic heterocycles. The van der Waals surface area contributed by atoms with Crippen molar-refractivity contribution in [2.24, 2.45) is 10.7 Å². The number of amidine groups is 1. The minimum absolute atomic E-state index is 0.139. The number of nitrogen functional groups attached to an aromatic ring is 1. The molecule has 1 atom stereocenters. The second kappa shape index (κ2) is 7.76. The molecule has 6 N–H and O–H groups in total. The van der Waals surface area contributed by atoms with Crippen LogP contribution in [0.15, 0.2) is 41.5 Å². The maximum atomic E-state index is 11.0. The first-order chi connectivity index (χ1) is 12.2. The second-order valence-corrected chi connectivity index (χ2v) is 6.00. The summed E-state index contributed by atoms with van der Waals surface area (Å²) >= 11 is 0. The summed E-state index contributed by atoms with van der Waals surface area (Å²) in [4.78, 5) is 19.7. The molecule has 7 heteroatoms. The van der Waals surface area contributed by atoms with E-state index >= 15 is 0 Å². The molecule has 0 aliphatic carbocycles. The molecule has 7 nitrogen and oxygen atoms in total. The summed E-state index contributed by atoms with van der Waals surface area (Å²) in [5.41, 5.74) is 14.9. The number of hydrogen-bond donors (Lipinski definition) is 4. The fourth-order valence-corrected chi connectivity index (χ4v) is 2.90. The van der Waals surface area contributed by atoms with E-state index in [0.717, 1.165) is 37.9 Å². The summed E-state index contributed by atoms with van der Waals surface area (Å²) in [5.74, 6) is 0.690. The Morgan fingerprint density at radius 2 is 2.28 bits per heavy atom. The number of benzene rings is 1. The van der Waals surface area contributed by atoms with Gasteiger partial charge >= 0.3 is 0 Å². The normalized spacial score (nSPS) is 17.9. The third-order valence-corrected chi connectivity index (χ3v) is 4.13. The molecular weight excluding hydrogens is 316 g/mol. The van der Waals surface area contributed by atoms with E-state index in [2.05, 4.69) is 20.6 Å². The van der Waals surface area contributed by atoms with Crippen molar-refractivity contribution in [1.29, 1.82) is 0 Å². The van der Waals surface area contributed by atoms with Gasteiger partial charge in [0.1, 0.15) is 17.9 Å². The van der Waals surface area contributed by atoms with Crippen molar-refractivity contribution >= 4 is 29.3 Å². The maximum Gasteiger partial charge on any atom is 0.150 e. The van der Waals surface area contributed by atoms with Gasteiger partial charge in [-0.2, -0.15) is 0 Å². The van der Waals surface area contributed by atoms with E-state index in [1.54, 1.807) is 30.5 Å². The summed E-state index contributed by atoms with van der Waals surface area (Å²) in [6.45, 7) is 1.83. The predicted octanol–water partition coefficient (Wildman–Crippen LogP) is 1.68. The van der Waals surface area contributed by atoms with Crippen LogP contribution in [0.1, 0.15) is 28.8 Å². The van der Waals surface area contributed by atoms with Crippen LogP contribution in [-0.4, -0.2) is 36.2 Å². The van der Waals surface area contributed by atoms with E-state index < -0.39 is 0 Å². The Hall–Kier alpha value is -2.93. The van der Waals surface area contributed by atoms with Gasteiger partial charge in [-0.3, -0.25) is 9.79 Å². The Morgan fingerprint density at radius 1 is 1.40 bits per heavy atom. The average Bonchev–Trinajstić information content (AvgIpc) is 2.62. The van der Waals surface area contributed by atoms with Gasteiger partial charge in [-0.15, -0.1) is 0 Å². The Kier molecular flexibility index (Phi) is 5.25. The molecule has 1 aromatic carbocycles. The van der Waals surface area contributed by atoms with Crippen LogP contribution < -0.4 is 22.1 Å². The molecular formula is C18H22N6O. The van der Waals surface area contributed by atoms with Crippen LogP contribution in [0.5, 0.6) is 0 Å². The van der Waals surface area contributed by atoms with Gasteiger partial charge in [0.05, 0.1) is 17.3 Å². The molecule has 1 unspecified atom stereocenters. The topological polar surface area (TPSA) is 118 Å². The number of nitrogens with two attached hydrogens (primary N) is 2. The summed E-state index contributed by atoms with van der Waals surface area (Å²) in [5, 5.41) is 6.57. The lowest BCUT2D eigenvalue weighted by Gasteiger charge is -2.20. The molecule has 1 saturated heterocycles. The first-order valence-corrected chi connectivity index (χ1v) is 8.28. The maximum absolute atomic E-state index is 11.0. The van der Waals surface area contributed by atoms with Crippen molar-refractivity contribution in [3.63, 3.8) is 0 Å². The van der Waals surface area contributed by atoms with Crippen molar-refractivity contribution in [2.75, 3.05) is 24.1 Å². The van der Waals surface area contributed by atoms with E-state index in [0.29, 0.717) is 28.5 Å². The zero-order valence-corrected chi connectivity index (χ0v) is 13.9. The lowest BCUT2D eigenvalue weighted by molar-refractivity contribution is 0.112. The fourth-order valence-electron chi connectivity index (χ4n) is 2.90. The van der Waals surface area contributed by atoms with Gasteiger partial charge in [0.2, 0.25) is 0 Å². The molecule has 3 rings (SSSR count). The number of nitrogens with zero attached hydrogens (tertiary/aromatic N) is 2. The molecule has 0 saturated carbocycles. The van der Waals surface area contributed by atoms with Crippen LogP contribution in [0.25, 0.3) is 0 Å². The van der Waals surface area contributed by atoms with Gasteiger partial charge in [0.25, 0.3) is 0 Å². The first kappa shape index (κ1) is 16.9. The van der Waals surface area contributed by atoms with Gasteiger partial charge in [0.15, 0.2) is 0 Å². The lowest BCUT2D eigenvalue weighted by Crippen LogP contribution is -2.34. The first-order valence-electron chi connectivity index (χ1n) is 8.28. The summed E-state index contributed by atoms with van der Waals surface area (Å²) < 4.78 is 0. The summed E-state index contributed by atoms with van der Waals surface area (Å²) in [7, 11) is 0. The van der Waals surface area contributed by atoms with Gasteiger partial charge in [-0.1, -0.05) is 12.1 Å². The number of pyridine rings is 1. The Morgan fingerprint density at radius 3 is 3.04 bits per heavy atom. The average molecular weight is 338 g/mol. The molecule has 0 spiro atoms. The van der Waals surface area contributed by atoms with Crippen LogP contribution in [-0.2, 0) is 0 Å². The molecule has 1 aliphatic rings. The Labute approximate surface area is 146 Å².